The van der Waals surface area contributed by atoms with Crippen molar-refractivity contribution in [2.75, 3.05) is 14.2 Å². The molecule has 0 aliphatic carbocycles. The van der Waals surface area contributed by atoms with Gasteiger partial charge in [-0.1, -0.05) is 11.8 Å². The maximum absolute atomic E-state index is 13.1. The minimum atomic E-state index is -0.273. The van der Waals surface area contributed by atoms with Gasteiger partial charge in [0.25, 0.3) is 0 Å². The lowest BCUT2D eigenvalue weighted by Crippen LogP contribution is -1.96. The molecule has 0 radical (unpaired) electrons. The molecular weight excluding hydrogens is 341 g/mol. The van der Waals surface area contributed by atoms with E-state index in [0.29, 0.717) is 11.6 Å². The van der Waals surface area contributed by atoms with Gasteiger partial charge in [-0.3, -0.25) is 0 Å². The highest BCUT2D eigenvalue weighted by atomic mass is 32.2. The summed E-state index contributed by atoms with van der Waals surface area (Å²) in [6, 6.07) is 11.9. The molecule has 0 unspecified atom stereocenters. The van der Waals surface area contributed by atoms with Crippen LogP contribution in [0, 0.1) is 5.82 Å². The van der Waals surface area contributed by atoms with Gasteiger partial charge in [0.1, 0.15) is 17.3 Å². The fourth-order valence-electron chi connectivity index (χ4n) is 2.43. The number of nitrogens with zero attached hydrogens (tertiary/aromatic N) is 3. The van der Waals surface area contributed by atoms with Crippen molar-refractivity contribution in [1.82, 2.24) is 14.8 Å². The van der Waals surface area contributed by atoms with Crippen LogP contribution in [0.5, 0.6) is 11.5 Å². The van der Waals surface area contributed by atoms with Crippen molar-refractivity contribution in [2.45, 2.75) is 10.9 Å². The van der Waals surface area contributed by atoms with Gasteiger partial charge in [-0.05, 0) is 42.5 Å². The Bertz CT molecular complexity index is 865. The first kappa shape index (κ1) is 17.3. The third-order valence-electron chi connectivity index (χ3n) is 3.78. The van der Waals surface area contributed by atoms with Gasteiger partial charge < -0.3 is 14.0 Å². The number of aromatic nitrogens is 3. The number of ether oxygens (including phenoxy) is 2. The lowest BCUT2D eigenvalue weighted by Gasteiger charge is -2.10. The third kappa shape index (κ3) is 3.76. The van der Waals surface area contributed by atoms with E-state index in [1.807, 2.05) is 29.8 Å². The molecule has 3 rings (SSSR count). The Morgan fingerprint density at radius 2 is 1.80 bits per heavy atom. The van der Waals surface area contributed by atoms with Crippen molar-refractivity contribution in [3.8, 4) is 22.9 Å². The van der Waals surface area contributed by atoms with Crippen LogP contribution in [-0.2, 0) is 12.8 Å². The molecule has 2 aromatic carbocycles. The number of halogens is 1. The highest BCUT2D eigenvalue weighted by Crippen LogP contribution is 2.31. The van der Waals surface area contributed by atoms with Gasteiger partial charge in [-0.15, -0.1) is 10.2 Å². The molecule has 1 aromatic heterocycles. The Morgan fingerprint density at radius 1 is 1.04 bits per heavy atom. The van der Waals surface area contributed by atoms with Crippen molar-refractivity contribution in [3.63, 3.8) is 0 Å². The zero-order chi connectivity index (χ0) is 17.8. The van der Waals surface area contributed by atoms with Crippen LogP contribution in [0.3, 0.4) is 0 Å². The molecule has 0 saturated carbocycles. The van der Waals surface area contributed by atoms with E-state index in [9.17, 15) is 4.39 Å². The maximum Gasteiger partial charge on any atom is 0.191 e. The van der Waals surface area contributed by atoms with E-state index in [4.69, 9.17) is 9.47 Å². The molecule has 0 N–H and O–H groups in total. The first-order valence-corrected chi connectivity index (χ1v) is 8.60. The molecule has 0 spiro atoms. The number of thioether (sulfide) groups is 1. The molecule has 0 atom stereocenters. The quantitative estimate of drug-likeness (QED) is 0.624. The van der Waals surface area contributed by atoms with E-state index in [2.05, 4.69) is 10.2 Å². The fraction of sp³-hybridized carbons (Fsp3) is 0.222. The number of hydrogen-bond acceptors (Lipinski definition) is 5. The third-order valence-corrected chi connectivity index (χ3v) is 4.85. The number of benzene rings is 2. The second-order valence-electron chi connectivity index (χ2n) is 5.34. The van der Waals surface area contributed by atoms with Crippen LogP contribution in [0.1, 0.15) is 5.56 Å². The van der Waals surface area contributed by atoms with Crippen molar-refractivity contribution < 1.29 is 13.9 Å². The summed E-state index contributed by atoms with van der Waals surface area (Å²) in [6.07, 6.45) is 0. The van der Waals surface area contributed by atoms with E-state index in [0.717, 1.165) is 27.8 Å². The predicted octanol–water partition coefficient (Wildman–Crippen LogP) is 3.93. The molecule has 0 aliphatic heterocycles. The Hall–Kier alpha value is -2.54. The van der Waals surface area contributed by atoms with Crippen molar-refractivity contribution in [3.05, 3.63) is 53.8 Å². The van der Waals surface area contributed by atoms with Crippen molar-refractivity contribution >= 4 is 11.8 Å². The minimum Gasteiger partial charge on any atom is -0.497 e. The smallest absolute Gasteiger partial charge is 0.191 e. The van der Waals surface area contributed by atoms with Gasteiger partial charge in [0.2, 0.25) is 0 Å². The molecule has 3 aromatic rings. The molecule has 25 heavy (non-hydrogen) atoms. The number of methoxy groups -OCH3 is 2. The zero-order valence-corrected chi connectivity index (χ0v) is 15.0. The van der Waals surface area contributed by atoms with Crippen LogP contribution >= 0.6 is 11.8 Å². The molecule has 0 amide bonds. The van der Waals surface area contributed by atoms with Gasteiger partial charge >= 0.3 is 0 Å². The Morgan fingerprint density at radius 3 is 2.48 bits per heavy atom. The monoisotopic (exact) mass is 359 g/mol. The highest BCUT2D eigenvalue weighted by Gasteiger charge is 2.13. The molecule has 0 saturated heterocycles. The first-order valence-electron chi connectivity index (χ1n) is 7.61. The predicted molar refractivity (Wildman–Crippen MR) is 95.5 cm³/mol. The topological polar surface area (TPSA) is 49.2 Å². The van der Waals surface area contributed by atoms with Gasteiger partial charge in [0.15, 0.2) is 11.0 Å². The second-order valence-corrected chi connectivity index (χ2v) is 6.28. The second kappa shape index (κ2) is 7.57. The molecule has 0 aliphatic rings. The van der Waals surface area contributed by atoms with Crippen LogP contribution < -0.4 is 9.47 Å². The summed E-state index contributed by atoms with van der Waals surface area (Å²) in [6.45, 7) is 0. The molecule has 0 fully saturated rings. The van der Waals surface area contributed by atoms with E-state index in [1.165, 1.54) is 12.1 Å². The lowest BCUT2D eigenvalue weighted by atomic mass is 10.2. The van der Waals surface area contributed by atoms with Crippen molar-refractivity contribution in [1.29, 1.82) is 0 Å². The molecular formula is C18H18FN3O2S. The Kier molecular flexibility index (Phi) is 5.23. The maximum atomic E-state index is 13.1. The Labute approximate surface area is 149 Å². The van der Waals surface area contributed by atoms with Crippen LogP contribution in [0.15, 0.2) is 47.6 Å². The van der Waals surface area contributed by atoms with Crippen molar-refractivity contribution in [2.24, 2.45) is 7.05 Å². The highest BCUT2D eigenvalue weighted by molar-refractivity contribution is 7.98. The van der Waals surface area contributed by atoms with Gasteiger partial charge in [-0.2, -0.15) is 0 Å². The average Bonchev–Trinajstić information content (AvgIpc) is 3.01. The number of rotatable bonds is 6. The van der Waals surface area contributed by atoms with E-state index in [-0.39, 0.29) is 5.82 Å². The Balaban J connectivity index is 1.80. The van der Waals surface area contributed by atoms with Gasteiger partial charge in [0.05, 0.1) is 14.2 Å². The first-order chi connectivity index (χ1) is 12.1. The molecule has 130 valence electrons. The van der Waals surface area contributed by atoms with E-state index in [1.54, 1.807) is 38.1 Å². The fourth-order valence-corrected chi connectivity index (χ4v) is 3.32. The van der Waals surface area contributed by atoms with E-state index >= 15 is 0 Å². The van der Waals surface area contributed by atoms with Gasteiger partial charge in [0, 0.05) is 23.9 Å². The zero-order valence-electron chi connectivity index (χ0n) is 14.2. The summed E-state index contributed by atoms with van der Waals surface area (Å²) < 4.78 is 25.6. The molecule has 1 heterocycles. The largest absolute Gasteiger partial charge is 0.497 e. The van der Waals surface area contributed by atoms with Crippen LogP contribution in [-0.4, -0.2) is 29.0 Å². The summed E-state index contributed by atoms with van der Waals surface area (Å²) in [5.41, 5.74) is 1.83. The standard InChI is InChI=1S/C18H18FN3O2S/c1-22-17(12-4-6-14(19)7-5-12)20-21-18(22)25-11-13-10-15(23-2)8-9-16(13)24-3/h4-10H,11H2,1-3H3. The molecule has 0 bridgehead atoms. The van der Waals surface area contributed by atoms with Crippen LogP contribution in [0.25, 0.3) is 11.4 Å². The van der Waals surface area contributed by atoms with Crippen LogP contribution in [0.2, 0.25) is 0 Å². The molecule has 7 heteroatoms. The summed E-state index contributed by atoms with van der Waals surface area (Å²) in [7, 11) is 5.17. The summed E-state index contributed by atoms with van der Waals surface area (Å²) in [5, 5.41) is 9.22. The SMILES string of the molecule is COc1ccc(OC)c(CSc2nnc(-c3ccc(F)cc3)n2C)c1. The van der Waals surface area contributed by atoms with E-state index < -0.39 is 0 Å². The minimum absolute atomic E-state index is 0.273. The van der Waals surface area contributed by atoms with Gasteiger partial charge in [-0.25, -0.2) is 4.39 Å². The number of hydrogen-bond donors (Lipinski definition) is 0. The average molecular weight is 359 g/mol. The normalized spacial score (nSPS) is 10.7. The summed E-state index contributed by atoms with van der Waals surface area (Å²) in [4.78, 5) is 0. The summed E-state index contributed by atoms with van der Waals surface area (Å²) in [5.74, 6) is 2.66. The summed E-state index contributed by atoms with van der Waals surface area (Å²) >= 11 is 1.55. The molecule has 5 nitrogen and oxygen atoms in total. The lowest BCUT2D eigenvalue weighted by molar-refractivity contribution is 0.400. The van der Waals surface area contributed by atoms with Crippen LogP contribution in [0.4, 0.5) is 4.39 Å².